The van der Waals surface area contributed by atoms with E-state index in [1.54, 1.807) is 16.7 Å². The van der Waals surface area contributed by atoms with Gasteiger partial charge < -0.3 is 0 Å². The largest absolute Gasteiger partial charge is 0.0842 e. The van der Waals surface area contributed by atoms with Gasteiger partial charge in [-0.15, -0.1) is 0 Å². The fraction of sp³-hybridized carbons (Fsp3) is 0.579. The third kappa shape index (κ3) is 3.29. The van der Waals surface area contributed by atoms with Gasteiger partial charge in [-0.3, -0.25) is 0 Å². The van der Waals surface area contributed by atoms with Gasteiger partial charge in [0.15, 0.2) is 0 Å². The molecule has 0 aromatic carbocycles. The van der Waals surface area contributed by atoms with Crippen molar-refractivity contribution in [3.8, 4) is 0 Å². The van der Waals surface area contributed by atoms with E-state index in [0.29, 0.717) is 11.3 Å². The van der Waals surface area contributed by atoms with Crippen LogP contribution in [0.5, 0.6) is 0 Å². The first-order chi connectivity index (χ1) is 9.04. The van der Waals surface area contributed by atoms with Gasteiger partial charge in [0.2, 0.25) is 0 Å². The molecule has 0 radical (unpaired) electrons. The van der Waals surface area contributed by atoms with Crippen molar-refractivity contribution >= 4 is 0 Å². The molecule has 2 aliphatic carbocycles. The Bertz CT molecular complexity index is 441. The van der Waals surface area contributed by atoms with E-state index in [1.807, 2.05) is 0 Å². The fourth-order valence-corrected chi connectivity index (χ4v) is 2.96. The highest BCUT2D eigenvalue weighted by Crippen LogP contribution is 2.39. The molecule has 0 heteroatoms. The molecule has 0 N–H and O–H groups in total. The van der Waals surface area contributed by atoms with Gasteiger partial charge in [0.05, 0.1) is 0 Å². The average Bonchev–Trinajstić information content (AvgIpc) is 2.47. The second kappa shape index (κ2) is 5.94. The van der Waals surface area contributed by atoms with Gasteiger partial charge in [-0.25, -0.2) is 0 Å². The van der Waals surface area contributed by atoms with Gasteiger partial charge in [-0.2, -0.15) is 0 Å². The molecule has 2 rings (SSSR count). The third-order valence-electron chi connectivity index (χ3n) is 5.25. The van der Waals surface area contributed by atoms with Crippen LogP contribution in [0.25, 0.3) is 0 Å². The molecular weight excluding hydrogens is 228 g/mol. The minimum atomic E-state index is 0.421. The molecule has 0 spiro atoms. The standard InChI is InChI=1S/C19H28/c1-5-19(3,4)15(2)16-11-13-18(14-12-16)17-9-7-6-8-10-17/h6-7,9,11,13,15H,5,8,10,12,14H2,1-4H3. The van der Waals surface area contributed by atoms with Crippen molar-refractivity contribution in [1.82, 2.24) is 0 Å². The first-order valence-electron chi connectivity index (χ1n) is 7.80. The first kappa shape index (κ1) is 14.4. The molecule has 104 valence electrons. The highest BCUT2D eigenvalue weighted by molar-refractivity contribution is 5.41. The van der Waals surface area contributed by atoms with Gasteiger partial charge >= 0.3 is 0 Å². The molecule has 0 amide bonds. The summed E-state index contributed by atoms with van der Waals surface area (Å²) in [6.07, 6.45) is 17.7. The predicted molar refractivity (Wildman–Crippen MR) is 85.1 cm³/mol. The van der Waals surface area contributed by atoms with Crippen LogP contribution < -0.4 is 0 Å². The number of hydrogen-bond donors (Lipinski definition) is 0. The Balaban J connectivity index is 2.12. The molecule has 0 saturated heterocycles. The van der Waals surface area contributed by atoms with Crippen molar-refractivity contribution < 1.29 is 0 Å². The molecule has 1 unspecified atom stereocenters. The smallest absolute Gasteiger partial charge is 0.0177 e. The van der Waals surface area contributed by atoms with Crippen molar-refractivity contribution in [2.24, 2.45) is 11.3 Å². The summed E-state index contributed by atoms with van der Waals surface area (Å²) in [6.45, 7) is 9.50. The highest BCUT2D eigenvalue weighted by Gasteiger charge is 2.27. The van der Waals surface area contributed by atoms with E-state index < -0.39 is 0 Å². The summed E-state index contributed by atoms with van der Waals surface area (Å²) in [5.41, 5.74) is 5.18. The van der Waals surface area contributed by atoms with Crippen LogP contribution >= 0.6 is 0 Å². The van der Waals surface area contributed by atoms with Crippen LogP contribution in [-0.4, -0.2) is 0 Å². The lowest BCUT2D eigenvalue weighted by molar-refractivity contribution is 0.250. The summed E-state index contributed by atoms with van der Waals surface area (Å²) in [5, 5.41) is 0. The monoisotopic (exact) mass is 256 g/mol. The van der Waals surface area contributed by atoms with E-state index in [0.717, 1.165) is 0 Å². The van der Waals surface area contributed by atoms with E-state index in [4.69, 9.17) is 0 Å². The maximum atomic E-state index is 2.40. The maximum Gasteiger partial charge on any atom is -0.0177 e. The van der Waals surface area contributed by atoms with Gasteiger partial charge in [0.25, 0.3) is 0 Å². The minimum absolute atomic E-state index is 0.421. The zero-order valence-electron chi connectivity index (χ0n) is 13.0. The molecule has 0 aromatic rings. The average molecular weight is 256 g/mol. The Morgan fingerprint density at radius 2 is 1.79 bits per heavy atom. The van der Waals surface area contributed by atoms with Crippen molar-refractivity contribution in [2.75, 3.05) is 0 Å². The Morgan fingerprint density at radius 1 is 1.05 bits per heavy atom. The van der Waals surface area contributed by atoms with Crippen molar-refractivity contribution in [3.05, 3.63) is 47.1 Å². The highest BCUT2D eigenvalue weighted by atomic mass is 14.3. The van der Waals surface area contributed by atoms with Crippen LogP contribution in [0.2, 0.25) is 0 Å². The molecule has 0 bridgehead atoms. The predicted octanol–water partition coefficient (Wildman–Crippen LogP) is 5.98. The summed E-state index contributed by atoms with van der Waals surface area (Å²) < 4.78 is 0. The van der Waals surface area contributed by atoms with Crippen LogP contribution in [0, 0.1) is 11.3 Å². The molecular formula is C19H28. The van der Waals surface area contributed by atoms with E-state index in [1.165, 1.54) is 32.1 Å². The molecule has 0 fully saturated rings. The molecule has 2 aliphatic rings. The molecule has 0 saturated carbocycles. The van der Waals surface area contributed by atoms with Crippen molar-refractivity contribution in [1.29, 1.82) is 0 Å². The topological polar surface area (TPSA) is 0 Å². The number of allylic oxidation sites excluding steroid dienone is 8. The number of hydrogen-bond acceptors (Lipinski definition) is 0. The van der Waals surface area contributed by atoms with Crippen molar-refractivity contribution in [3.63, 3.8) is 0 Å². The van der Waals surface area contributed by atoms with E-state index >= 15 is 0 Å². The third-order valence-corrected chi connectivity index (χ3v) is 5.25. The van der Waals surface area contributed by atoms with Crippen LogP contribution in [0.3, 0.4) is 0 Å². The first-order valence-corrected chi connectivity index (χ1v) is 7.80. The minimum Gasteiger partial charge on any atom is -0.0842 e. The molecule has 19 heavy (non-hydrogen) atoms. The molecule has 0 aliphatic heterocycles. The SMILES string of the molecule is CCC(C)(C)C(C)C1=CC=C(C2=CC=CCC2)CC1. The summed E-state index contributed by atoms with van der Waals surface area (Å²) in [4.78, 5) is 0. The summed E-state index contributed by atoms with van der Waals surface area (Å²) >= 11 is 0. The van der Waals surface area contributed by atoms with Crippen LogP contribution in [0.1, 0.15) is 59.8 Å². The van der Waals surface area contributed by atoms with Crippen LogP contribution in [0.4, 0.5) is 0 Å². The van der Waals surface area contributed by atoms with Gasteiger partial charge in [0.1, 0.15) is 0 Å². The normalized spacial score (nSPS) is 21.6. The Morgan fingerprint density at radius 3 is 2.32 bits per heavy atom. The lowest BCUT2D eigenvalue weighted by Gasteiger charge is -2.34. The van der Waals surface area contributed by atoms with Crippen LogP contribution in [0.15, 0.2) is 47.1 Å². The van der Waals surface area contributed by atoms with E-state index in [-0.39, 0.29) is 0 Å². The summed E-state index contributed by atoms with van der Waals surface area (Å²) in [6, 6.07) is 0. The quantitative estimate of drug-likeness (QED) is 0.580. The molecule has 0 heterocycles. The van der Waals surface area contributed by atoms with E-state index in [9.17, 15) is 0 Å². The van der Waals surface area contributed by atoms with Gasteiger partial charge in [-0.1, -0.05) is 70.1 Å². The Hall–Kier alpha value is -1.04. The summed E-state index contributed by atoms with van der Waals surface area (Å²) in [7, 11) is 0. The zero-order chi connectivity index (χ0) is 13.9. The lowest BCUT2D eigenvalue weighted by atomic mass is 9.71. The summed E-state index contributed by atoms with van der Waals surface area (Å²) in [5.74, 6) is 0.690. The van der Waals surface area contributed by atoms with Crippen molar-refractivity contribution in [2.45, 2.75) is 59.8 Å². The zero-order valence-corrected chi connectivity index (χ0v) is 13.0. The second-order valence-corrected chi connectivity index (χ2v) is 6.66. The van der Waals surface area contributed by atoms with E-state index in [2.05, 4.69) is 58.1 Å². The molecule has 1 atom stereocenters. The second-order valence-electron chi connectivity index (χ2n) is 6.66. The maximum absolute atomic E-state index is 2.40. The lowest BCUT2D eigenvalue weighted by Crippen LogP contribution is -2.23. The van der Waals surface area contributed by atoms with Gasteiger partial charge in [-0.05, 0) is 48.2 Å². The molecule has 0 nitrogen and oxygen atoms in total. The number of rotatable bonds is 4. The van der Waals surface area contributed by atoms with Gasteiger partial charge in [0, 0.05) is 0 Å². The Labute approximate surface area is 119 Å². The Kier molecular flexibility index (Phi) is 4.50. The fourth-order valence-electron chi connectivity index (χ4n) is 2.96. The molecule has 0 aromatic heterocycles. The van der Waals surface area contributed by atoms with Crippen LogP contribution in [-0.2, 0) is 0 Å².